The van der Waals surface area contributed by atoms with Gasteiger partial charge in [0.25, 0.3) is 11.5 Å². The molecule has 0 saturated heterocycles. The lowest BCUT2D eigenvalue weighted by Crippen LogP contribution is -2.33. The van der Waals surface area contributed by atoms with Crippen LogP contribution in [0.3, 0.4) is 0 Å². The fourth-order valence-corrected chi connectivity index (χ4v) is 2.57. The van der Waals surface area contributed by atoms with Crippen molar-refractivity contribution in [2.75, 3.05) is 20.2 Å². The zero-order chi connectivity index (χ0) is 18.7. The first-order valence-corrected chi connectivity index (χ1v) is 8.07. The average molecular weight is 355 g/mol. The second-order valence-electron chi connectivity index (χ2n) is 5.85. The quantitative estimate of drug-likeness (QED) is 0.704. The maximum Gasteiger partial charge on any atom is 0.274 e. The number of ether oxygens (including phenoxy) is 1. The number of rotatable bonds is 5. The summed E-state index contributed by atoms with van der Waals surface area (Å²) in [6.45, 7) is 0.562. The Labute approximate surface area is 149 Å². The maximum atomic E-state index is 12.9. The Morgan fingerprint density at radius 3 is 2.50 bits per heavy atom. The fraction of sp³-hybridized carbons (Fsp3) is 0.211. The number of hydrogen-bond acceptors (Lipinski definition) is 4. The minimum absolute atomic E-state index is 0.215. The van der Waals surface area contributed by atoms with Gasteiger partial charge in [-0.05, 0) is 30.3 Å². The molecule has 3 aromatic rings. The van der Waals surface area contributed by atoms with Crippen LogP contribution in [0.1, 0.15) is 10.5 Å². The predicted octanol–water partition coefficient (Wildman–Crippen LogP) is 2.22. The Morgan fingerprint density at radius 1 is 1.15 bits per heavy atom. The normalized spacial score (nSPS) is 10.7. The molecule has 1 heterocycles. The van der Waals surface area contributed by atoms with Gasteiger partial charge in [-0.3, -0.25) is 9.59 Å². The second kappa shape index (κ2) is 7.35. The van der Waals surface area contributed by atoms with Gasteiger partial charge in [0.05, 0.1) is 11.9 Å². The molecule has 26 heavy (non-hydrogen) atoms. The molecular formula is C19H18FN3O3. The highest BCUT2D eigenvalue weighted by Crippen LogP contribution is 2.15. The van der Waals surface area contributed by atoms with E-state index in [9.17, 15) is 14.0 Å². The Bertz CT molecular complexity index is 999. The highest BCUT2D eigenvalue weighted by Gasteiger charge is 2.19. The number of fused-ring (bicyclic) bond motifs is 1. The minimum atomic E-state index is -0.336. The van der Waals surface area contributed by atoms with E-state index >= 15 is 0 Å². The van der Waals surface area contributed by atoms with E-state index in [4.69, 9.17) is 4.74 Å². The first kappa shape index (κ1) is 17.6. The third-order valence-corrected chi connectivity index (χ3v) is 4.01. The van der Waals surface area contributed by atoms with Crippen molar-refractivity contribution in [1.82, 2.24) is 14.7 Å². The predicted molar refractivity (Wildman–Crippen MR) is 95.8 cm³/mol. The van der Waals surface area contributed by atoms with Crippen LogP contribution >= 0.6 is 0 Å². The smallest absolute Gasteiger partial charge is 0.274 e. The van der Waals surface area contributed by atoms with Gasteiger partial charge in [-0.1, -0.05) is 18.2 Å². The fourth-order valence-electron chi connectivity index (χ4n) is 2.57. The van der Waals surface area contributed by atoms with Crippen molar-refractivity contribution < 1.29 is 13.9 Å². The molecule has 0 aliphatic carbocycles. The number of nitrogens with zero attached hydrogens (tertiary/aromatic N) is 3. The number of aromatic nitrogens is 2. The summed E-state index contributed by atoms with van der Waals surface area (Å²) in [7, 11) is 3.15. The summed E-state index contributed by atoms with van der Waals surface area (Å²) in [6, 6.07) is 12.6. The van der Waals surface area contributed by atoms with E-state index in [2.05, 4.69) is 5.10 Å². The average Bonchev–Trinajstić information content (AvgIpc) is 2.65. The number of aryl methyl sites for hydroxylation is 1. The second-order valence-corrected chi connectivity index (χ2v) is 5.85. The van der Waals surface area contributed by atoms with Gasteiger partial charge in [-0.2, -0.15) is 5.10 Å². The standard InChI is InChI=1S/C19H18FN3O3/c1-22(11-12-26-14-9-7-13(20)8-10-14)19(25)17-15-5-3-4-6-16(15)18(24)23(2)21-17/h3-10H,11-12H2,1-2H3. The molecule has 1 aromatic heterocycles. The zero-order valence-corrected chi connectivity index (χ0v) is 14.5. The summed E-state index contributed by atoms with van der Waals surface area (Å²) in [5.74, 6) is -0.116. The van der Waals surface area contributed by atoms with Gasteiger partial charge in [-0.25, -0.2) is 9.07 Å². The SMILES string of the molecule is CN(CCOc1ccc(F)cc1)C(=O)c1nn(C)c(=O)c2ccccc12. The molecule has 0 saturated carbocycles. The van der Waals surface area contributed by atoms with Crippen molar-refractivity contribution in [1.29, 1.82) is 0 Å². The van der Waals surface area contributed by atoms with Crippen molar-refractivity contribution in [2.45, 2.75) is 0 Å². The summed E-state index contributed by atoms with van der Waals surface area (Å²) < 4.78 is 19.6. The topological polar surface area (TPSA) is 64.4 Å². The number of amides is 1. The molecule has 2 aromatic carbocycles. The highest BCUT2D eigenvalue weighted by atomic mass is 19.1. The Morgan fingerprint density at radius 2 is 1.81 bits per heavy atom. The van der Waals surface area contributed by atoms with E-state index < -0.39 is 0 Å². The summed E-state index contributed by atoms with van der Waals surface area (Å²) in [6.07, 6.45) is 0. The van der Waals surface area contributed by atoms with Crippen LogP contribution < -0.4 is 10.3 Å². The lowest BCUT2D eigenvalue weighted by molar-refractivity contribution is 0.0767. The Kier molecular flexibility index (Phi) is 4.97. The molecule has 7 heteroatoms. The monoisotopic (exact) mass is 355 g/mol. The lowest BCUT2D eigenvalue weighted by Gasteiger charge is -2.18. The number of hydrogen-bond donors (Lipinski definition) is 0. The van der Waals surface area contributed by atoms with Crippen LogP contribution in [0.15, 0.2) is 53.3 Å². The van der Waals surface area contributed by atoms with Gasteiger partial charge in [-0.15, -0.1) is 0 Å². The van der Waals surface area contributed by atoms with Crippen LogP contribution in [0, 0.1) is 5.82 Å². The van der Waals surface area contributed by atoms with E-state index in [-0.39, 0.29) is 29.6 Å². The van der Waals surface area contributed by atoms with Gasteiger partial charge < -0.3 is 9.64 Å². The zero-order valence-electron chi connectivity index (χ0n) is 14.5. The number of likely N-dealkylation sites (N-methyl/N-ethyl adjacent to an activating group) is 1. The van der Waals surface area contributed by atoms with Crippen LogP contribution in [0.4, 0.5) is 4.39 Å². The van der Waals surface area contributed by atoms with Crippen molar-refractivity contribution >= 4 is 16.7 Å². The lowest BCUT2D eigenvalue weighted by atomic mass is 10.1. The van der Waals surface area contributed by atoms with E-state index in [1.54, 1.807) is 31.3 Å². The van der Waals surface area contributed by atoms with E-state index in [0.29, 0.717) is 23.1 Å². The van der Waals surface area contributed by atoms with Crippen LogP contribution in [0.5, 0.6) is 5.75 Å². The molecule has 0 radical (unpaired) electrons. The van der Waals surface area contributed by atoms with Crippen LogP contribution in [0.25, 0.3) is 10.8 Å². The Hall–Kier alpha value is -3.22. The number of carbonyl (C=O) groups is 1. The van der Waals surface area contributed by atoms with Gasteiger partial charge in [0.1, 0.15) is 18.2 Å². The summed E-state index contributed by atoms with van der Waals surface area (Å²) in [5, 5.41) is 5.10. The van der Waals surface area contributed by atoms with Crippen LogP contribution in [-0.2, 0) is 7.05 Å². The largest absolute Gasteiger partial charge is 0.492 e. The number of benzene rings is 2. The molecule has 0 spiro atoms. The Balaban J connectivity index is 1.74. The van der Waals surface area contributed by atoms with Gasteiger partial charge in [0.2, 0.25) is 0 Å². The van der Waals surface area contributed by atoms with Gasteiger partial charge in [0, 0.05) is 19.5 Å². The molecule has 1 amide bonds. The first-order valence-electron chi connectivity index (χ1n) is 8.07. The van der Waals surface area contributed by atoms with Crippen LogP contribution in [-0.4, -0.2) is 40.8 Å². The van der Waals surface area contributed by atoms with E-state index in [0.717, 1.165) is 0 Å². The molecule has 134 valence electrons. The summed E-state index contributed by atoms with van der Waals surface area (Å²) in [4.78, 5) is 26.4. The molecule has 0 aliphatic rings. The number of carbonyl (C=O) groups excluding carboxylic acids is 1. The molecule has 0 atom stereocenters. The highest BCUT2D eigenvalue weighted by molar-refractivity contribution is 6.04. The van der Waals surface area contributed by atoms with Gasteiger partial charge >= 0.3 is 0 Å². The molecular weight excluding hydrogens is 337 g/mol. The maximum absolute atomic E-state index is 12.9. The molecule has 0 fully saturated rings. The van der Waals surface area contributed by atoms with Crippen molar-refractivity contribution in [3.8, 4) is 5.75 Å². The molecule has 0 aliphatic heterocycles. The van der Waals surface area contributed by atoms with Crippen molar-refractivity contribution in [2.24, 2.45) is 7.05 Å². The third-order valence-electron chi connectivity index (χ3n) is 4.01. The van der Waals surface area contributed by atoms with Crippen LogP contribution in [0.2, 0.25) is 0 Å². The molecule has 6 nitrogen and oxygen atoms in total. The molecule has 3 rings (SSSR count). The van der Waals surface area contributed by atoms with E-state index in [1.807, 2.05) is 0 Å². The first-order chi connectivity index (χ1) is 12.5. The third kappa shape index (κ3) is 3.56. The molecule has 0 bridgehead atoms. The summed E-state index contributed by atoms with van der Waals surface area (Å²) >= 11 is 0. The summed E-state index contributed by atoms with van der Waals surface area (Å²) in [5.41, 5.74) is -0.0357. The number of halogens is 1. The van der Waals surface area contributed by atoms with E-state index in [1.165, 1.54) is 40.9 Å². The van der Waals surface area contributed by atoms with Crippen molar-refractivity contribution in [3.05, 3.63) is 70.4 Å². The molecule has 0 unspecified atom stereocenters. The van der Waals surface area contributed by atoms with Crippen molar-refractivity contribution in [3.63, 3.8) is 0 Å². The molecule has 0 N–H and O–H groups in total. The minimum Gasteiger partial charge on any atom is -0.492 e. The van der Waals surface area contributed by atoms with Gasteiger partial charge in [0.15, 0.2) is 5.69 Å².